The van der Waals surface area contributed by atoms with Crippen molar-refractivity contribution in [3.05, 3.63) is 129 Å². The molecule has 1 saturated heterocycles. The van der Waals surface area contributed by atoms with E-state index in [9.17, 15) is 14.4 Å². The van der Waals surface area contributed by atoms with Crippen molar-refractivity contribution in [2.75, 3.05) is 17.3 Å². The van der Waals surface area contributed by atoms with E-state index in [-0.39, 0.29) is 17.5 Å². The van der Waals surface area contributed by atoms with Gasteiger partial charge in [-0.1, -0.05) is 70.0 Å². The van der Waals surface area contributed by atoms with Gasteiger partial charge in [0.2, 0.25) is 5.91 Å². The summed E-state index contributed by atoms with van der Waals surface area (Å²) in [7, 11) is 1.56. The lowest BCUT2D eigenvalue weighted by molar-refractivity contribution is -0.121. The molecule has 8 heteroatoms. The summed E-state index contributed by atoms with van der Waals surface area (Å²) in [6.45, 7) is 0. The predicted molar refractivity (Wildman–Crippen MR) is 167 cm³/mol. The molecule has 1 fully saturated rings. The molecule has 42 heavy (non-hydrogen) atoms. The fourth-order valence-electron chi connectivity index (χ4n) is 6.87. The Hall–Kier alpha value is -4.20. The zero-order valence-electron chi connectivity index (χ0n) is 22.4. The van der Waals surface area contributed by atoms with Crippen LogP contribution in [0.4, 0.5) is 11.4 Å². The summed E-state index contributed by atoms with van der Waals surface area (Å²) < 4.78 is 6.15. The fourth-order valence-corrected chi connectivity index (χ4v) is 7.32. The number of Topliss-reactive ketones (excluding diaryl/α,β-unsaturated/α-hetero) is 2. The molecule has 1 N–H and O–H groups in total. The number of benzene rings is 4. The van der Waals surface area contributed by atoms with Crippen molar-refractivity contribution in [1.82, 2.24) is 0 Å². The Morgan fingerprint density at radius 1 is 0.929 bits per heavy atom. The molecule has 0 aromatic heterocycles. The van der Waals surface area contributed by atoms with E-state index in [1.54, 1.807) is 61.7 Å². The number of para-hydroxylation sites is 1. The Balaban J connectivity index is 1.52. The average molecular weight is 640 g/mol. The number of halogens is 2. The summed E-state index contributed by atoms with van der Waals surface area (Å²) in [6.07, 6.45) is 3.85. The first-order valence-corrected chi connectivity index (χ1v) is 14.7. The van der Waals surface area contributed by atoms with Gasteiger partial charge in [0, 0.05) is 32.0 Å². The van der Waals surface area contributed by atoms with E-state index in [0.29, 0.717) is 33.1 Å². The van der Waals surface area contributed by atoms with E-state index in [4.69, 9.17) is 16.3 Å². The zero-order valence-corrected chi connectivity index (χ0v) is 24.7. The third-order valence-electron chi connectivity index (χ3n) is 8.63. The van der Waals surface area contributed by atoms with Gasteiger partial charge in [-0.15, -0.1) is 0 Å². The van der Waals surface area contributed by atoms with Gasteiger partial charge in [-0.3, -0.25) is 14.4 Å². The van der Waals surface area contributed by atoms with Crippen LogP contribution in [-0.2, 0) is 10.2 Å². The van der Waals surface area contributed by atoms with Crippen LogP contribution < -0.4 is 15.0 Å². The Morgan fingerprint density at radius 3 is 2.36 bits per heavy atom. The quantitative estimate of drug-likeness (QED) is 0.239. The second-order valence-corrected chi connectivity index (χ2v) is 12.0. The lowest BCUT2D eigenvalue weighted by Gasteiger charge is -2.37. The molecule has 3 heterocycles. The molecule has 3 aliphatic rings. The maximum Gasteiger partial charge on any atom is 0.238 e. The number of ether oxygens (including phenoxy) is 1. The molecule has 7 rings (SSSR count). The summed E-state index contributed by atoms with van der Waals surface area (Å²) in [5, 5.41) is 3.58. The SMILES string of the molecule is COc1ccc(C(=O)[C@H]2[C@@H]3C=Cc4cc(Cl)ccc4N3[C@@H](C(=O)c3ccc(Br)cc3)[C@@]23C(=O)Nc2ccccc23)cc1. The number of anilines is 2. The van der Waals surface area contributed by atoms with Crippen LogP contribution in [0.15, 0.2) is 102 Å². The van der Waals surface area contributed by atoms with Gasteiger partial charge in [0.25, 0.3) is 0 Å². The predicted octanol–water partition coefficient (Wildman–Crippen LogP) is 6.97. The highest BCUT2D eigenvalue weighted by atomic mass is 79.9. The van der Waals surface area contributed by atoms with Crippen molar-refractivity contribution in [2.45, 2.75) is 17.5 Å². The Labute approximate surface area is 256 Å². The van der Waals surface area contributed by atoms with E-state index in [1.165, 1.54) is 0 Å². The van der Waals surface area contributed by atoms with Crippen LogP contribution in [0.25, 0.3) is 6.08 Å². The second-order valence-electron chi connectivity index (χ2n) is 10.7. The van der Waals surface area contributed by atoms with Crippen LogP contribution in [-0.4, -0.2) is 36.7 Å². The summed E-state index contributed by atoms with van der Waals surface area (Å²) in [5.74, 6) is -1.15. The van der Waals surface area contributed by atoms with Gasteiger partial charge >= 0.3 is 0 Å². The van der Waals surface area contributed by atoms with Crippen LogP contribution in [0.3, 0.4) is 0 Å². The van der Waals surface area contributed by atoms with Gasteiger partial charge in [-0.05, 0) is 71.8 Å². The van der Waals surface area contributed by atoms with Gasteiger partial charge in [-0.2, -0.15) is 0 Å². The van der Waals surface area contributed by atoms with Crippen LogP contribution in [0.5, 0.6) is 5.75 Å². The standard InChI is InChI=1S/C34H24BrClN2O4/c1-42-24-14-8-19(9-15-24)30(39)29-28-16-10-21-18-23(36)13-17-27(21)38(28)32(31(40)20-6-11-22(35)12-7-20)34(29)25-4-2-3-5-26(25)37-33(34)41/h2-18,28-29,32H,1H3,(H,37,41)/t28-,29+,32-,34-/m0/s1. The number of ketones is 2. The first kappa shape index (κ1) is 26.7. The molecule has 0 radical (unpaired) electrons. The zero-order chi connectivity index (χ0) is 29.2. The maximum absolute atomic E-state index is 14.8. The minimum Gasteiger partial charge on any atom is -0.497 e. The van der Waals surface area contributed by atoms with Gasteiger partial charge < -0.3 is 15.0 Å². The highest BCUT2D eigenvalue weighted by molar-refractivity contribution is 9.10. The Kier molecular flexibility index (Phi) is 6.33. The largest absolute Gasteiger partial charge is 0.497 e. The average Bonchev–Trinajstić information content (AvgIpc) is 3.48. The van der Waals surface area contributed by atoms with Gasteiger partial charge in [-0.25, -0.2) is 0 Å². The number of nitrogens with zero attached hydrogens (tertiary/aromatic N) is 1. The topological polar surface area (TPSA) is 75.7 Å². The van der Waals surface area contributed by atoms with Gasteiger partial charge in [0.15, 0.2) is 11.6 Å². The van der Waals surface area contributed by atoms with Crippen LogP contribution in [0.1, 0.15) is 31.8 Å². The molecular formula is C34H24BrClN2O4. The number of carbonyl (C=O) groups excluding carboxylic acids is 3. The molecule has 4 atom stereocenters. The Bertz CT molecular complexity index is 1800. The number of amides is 1. The lowest BCUT2D eigenvalue weighted by Crippen LogP contribution is -2.55. The van der Waals surface area contributed by atoms with Crippen molar-refractivity contribution in [2.24, 2.45) is 5.92 Å². The maximum atomic E-state index is 14.8. The summed E-state index contributed by atoms with van der Waals surface area (Å²) in [4.78, 5) is 46.0. The summed E-state index contributed by atoms with van der Waals surface area (Å²) in [6, 6.07) is 25.2. The molecule has 208 valence electrons. The smallest absolute Gasteiger partial charge is 0.238 e. The number of fused-ring (bicyclic) bond motifs is 5. The van der Waals surface area contributed by atoms with E-state index >= 15 is 0 Å². The third-order valence-corrected chi connectivity index (χ3v) is 9.40. The van der Waals surface area contributed by atoms with Crippen LogP contribution in [0, 0.1) is 5.92 Å². The molecule has 6 nitrogen and oxygen atoms in total. The van der Waals surface area contributed by atoms with E-state index in [0.717, 1.165) is 15.7 Å². The molecule has 0 saturated carbocycles. The van der Waals surface area contributed by atoms with E-state index in [1.807, 2.05) is 53.5 Å². The first-order chi connectivity index (χ1) is 20.3. The molecule has 1 spiro atoms. The molecule has 0 aliphatic carbocycles. The summed E-state index contributed by atoms with van der Waals surface area (Å²) in [5.41, 5.74) is 2.15. The molecular weight excluding hydrogens is 616 g/mol. The fraction of sp³-hybridized carbons (Fsp3) is 0.147. The van der Waals surface area contributed by atoms with Gasteiger partial charge in [0.05, 0.1) is 19.1 Å². The van der Waals surface area contributed by atoms with Crippen molar-refractivity contribution in [3.63, 3.8) is 0 Å². The highest BCUT2D eigenvalue weighted by Gasteiger charge is 2.71. The number of hydrogen-bond acceptors (Lipinski definition) is 5. The molecule has 0 bridgehead atoms. The second kappa shape index (κ2) is 9.96. The monoisotopic (exact) mass is 638 g/mol. The minimum absolute atomic E-state index is 0.229. The molecule has 0 unspecified atom stereocenters. The first-order valence-electron chi connectivity index (χ1n) is 13.5. The van der Waals surface area contributed by atoms with E-state index in [2.05, 4.69) is 21.2 Å². The van der Waals surface area contributed by atoms with Crippen LogP contribution in [0.2, 0.25) is 5.02 Å². The number of nitrogens with one attached hydrogen (secondary N) is 1. The van der Waals surface area contributed by atoms with Crippen molar-refractivity contribution < 1.29 is 19.1 Å². The van der Waals surface area contributed by atoms with Crippen molar-refractivity contribution in [3.8, 4) is 5.75 Å². The van der Waals surface area contributed by atoms with Crippen molar-refractivity contribution in [1.29, 1.82) is 0 Å². The Morgan fingerprint density at radius 2 is 1.62 bits per heavy atom. The molecule has 4 aromatic carbocycles. The number of carbonyl (C=O) groups is 3. The number of rotatable bonds is 5. The molecule has 4 aromatic rings. The number of methoxy groups -OCH3 is 1. The number of hydrogen-bond donors (Lipinski definition) is 1. The van der Waals surface area contributed by atoms with Crippen molar-refractivity contribution >= 4 is 62.5 Å². The molecule has 1 amide bonds. The molecule has 3 aliphatic heterocycles. The third kappa shape index (κ3) is 3.80. The van der Waals surface area contributed by atoms with Gasteiger partial charge in [0.1, 0.15) is 17.2 Å². The minimum atomic E-state index is -1.52. The highest BCUT2D eigenvalue weighted by Crippen LogP contribution is 2.58. The van der Waals surface area contributed by atoms with E-state index < -0.39 is 23.4 Å². The lowest BCUT2D eigenvalue weighted by atomic mass is 9.63. The summed E-state index contributed by atoms with van der Waals surface area (Å²) >= 11 is 9.83. The van der Waals surface area contributed by atoms with Crippen LogP contribution >= 0.6 is 27.5 Å². The normalized spacial score (nSPS) is 23.3.